The molecule has 1 aliphatic carbocycles. The maximum absolute atomic E-state index is 14.9. The monoisotopic (exact) mass is 543 g/mol. The predicted molar refractivity (Wildman–Crippen MR) is 127 cm³/mol. The molecule has 0 amide bonds. The van der Waals surface area contributed by atoms with E-state index in [-0.39, 0.29) is 29.9 Å². The number of aromatic nitrogens is 7. The van der Waals surface area contributed by atoms with E-state index in [0.29, 0.717) is 47.3 Å². The Morgan fingerprint density at radius 2 is 1.92 bits per heavy atom. The van der Waals surface area contributed by atoms with Crippen molar-refractivity contribution in [3.05, 3.63) is 53.1 Å². The zero-order valence-corrected chi connectivity index (χ0v) is 20.8. The van der Waals surface area contributed by atoms with E-state index < -0.39 is 17.7 Å². The molecular formula is C25H21F4N7O3. The summed E-state index contributed by atoms with van der Waals surface area (Å²) in [4.78, 5) is 25.4. The molecule has 4 aromatic rings. The van der Waals surface area contributed by atoms with Crippen LogP contribution >= 0.6 is 0 Å². The van der Waals surface area contributed by atoms with Gasteiger partial charge >= 0.3 is 6.18 Å². The van der Waals surface area contributed by atoms with E-state index in [0.717, 1.165) is 35.4 Å². The third-order valence-electron chi connectivity index (χ3n) is 6.40. The molecule has 0 spiro atoms. The Hall–Kier alpha value is -4.36. The van der Waals surface area contributed by atoms with Crippen molar-refractivity contribution < 1.29 is 31.8 Å². The SMILES string of the molecule is COc1ncnc(C2CC2)c1-c1nc2c(c(OCc3cnc(-c4nc(C(F)(F)F)cn4C)c(F)c3)n1)CCO2. The van der Waals surface area contributed by atoms with Gasteiger partial charge in [0.2, 0.25) is 17.6 Å². The number of aryl methyl sites for hydroxylation is 1. The highest BCUT2D eigenvalue weighted by Gasteiger charge is 2.35. The average molecular weight is 543 g/mol. The molecule has 0 aromatic carbocycles. The van der Waals surface area contributed by atoms with Crippen LogP contribution in [0.15, 0.2) is 24.8 Å². The fraction of sp³-hybridized carbons (Fsp3) is 0.360. The van der Waals surface area contributed by atoms with Crippen LogP contribution in [0.5, 0.6) is 17.6 Å². The largest absolute Gasteiger partial charge is 0.480 e. The minimum Gasteiger partial charge on any atom is -0.480 e. The lowest BCUT2D eigenvalue weighted by Gasteiger charge is -2.14. The first-order valence-electron chi connectivity index (χ1n) is 12.0. The lowest BCUT2D eigenvalue weighted by Crippen LogP contribution is -2.07. The van der Waals surface area contributed by atoms with Gasteiger partial charge in [-0.25, -0.2) is 24.3 Å². The molecule has 0 unspecified atom stereocenters. The van der Waals surface area contributed by atoms with Gasteiger partial charge in [-0.05, 0) is 18.9 Å². The van der Waals surface area contributed by atoms with Crippen molar-refractivity contribution in [2.45, 2.75) is 38.0 Å². The molecule has 0 atom stereocenters. The Morgan fingerprint density at radius 3 is 2.62 bits per heavy atom. The van der Waals surface area contributed by atoms with E-state index in [1.54, 1.807) is 0 Å². The normalized spacial score (nSPS) is 14.7. The van der Waals surface area contributed by atoms with Gasteiger partial charge in [-0.3, -0.25) is 0 Å². The Morgan fingerprint density at radius 1 is 1.10 bits per heavy atom. The topological polar surface area (TPSA) is 110 Å². The van der Waals surface area contributed by atoms with Crippen LogP contribution in [0.3, 0.4) is 0 Å². The summed E-state index contributed by atoms with van der Waals surface area (Å²) in [7, 11) is 2.84. The highest BCUT2D eigenvalue weighted by molar-refractivity contribution is 5.67. The van der Waals surface area contributed by atoms with Gasteiger partial charge in [-0.2, -0.15) is 23.1 Å². The molecule has 2 aliphatic rings. The Balaban J connectivity index is 1.29. The number of ether oxygens (including phenoxy) is 3. The Bertz CT molecular complexity index is 1570. The van der Waals surface area contributed by atoms with Gasteiger partial charge < -0.3 is 18.8 Å². The minimum atomic E-state index is -4.66. The van der Waals surface area contributed by atoms with Crippen LogP contribution in [0.25, 0.3) is 22.9 Å². The van der Waals surface area contributed by atoms with Gasteiger partial charge in [0, 0.05) is 37.3 Å². The van der Waals surface area contributed by atoms with Crippen LogP contribution in [0.1, 0.15) is 41.3 Å². The summed E-state index contributed by atoms with van der Waals surface area (Å²) in [6, 6.07) is 1.14. The predicted octanol–water partition coefficient (Wildman–Crippen LogP) is 4.29. The third-order valence-corrected chi connectivity index (χ3v) is 6.40. The second-order valence-corrected chi connectivity index (χ2v) is 9.17. The van der Waals surface area contributed by atoms with Gasteiger partial charge in [-0.15, -0.1) is 0 Å². The van der Waals surface area contributed by atoms with Crippen molar-refractivity contribution >= 4 is 0 Å². The number of rotatable bonds is 7. The van der Waals surface area contributed by atoms with Crippen molar-refractivity contribution in [1.82, 2.24) is 34.5 Å². The number of pyridine rings is 1. The van der Waals surface area contributed by atoms with E-state index in [1.165, 1.54) is 26.7 Å². The second-order valence-electron chi connectivity index (χ2n) is 9.17. The van der Waals surface area contributed by atoms with Gasteiger partial charge in [0.1, 0.15) is 24.2 Å². The summed E-state index contributed by atoms with van der Waals surface area (Å²) in [5.41, 5.74) is 0.925. The van der Waals surface area contributed by atoms with E-state index in [9.17, 15) is 17.6 Å². The molecule has 14 heteroatoms. The quantitative estimate of drug-likeness (QED) is 0.315. The first-order chi connectivity index (χ1) is 18.7. The number of halogens is 4. The maximum Gasteiger partial charge on any atom is 0.434 e. The molecule has 0 saturated heterocycles. The molecule has 4 aromatic heterocycles. The molecule has 10 nitrogen and oxygen atoms in total. The zero-order valence-electron chi connectivity index (χ0n) is 20.8. The molecule has 1 fully saturated rings. The standard InChI is InChI=1S/C25H21F4N7O3/c1-36-9-16(25(27,28)29)33-21(36)19-15(26)7-12(8-30-19)10-39-23-14-5-6-38-22(14)34-20(35-23)17-18(13-3-4-13)31-11-32-24(17)37-2/h7-9,11,13H,3-6,10H2,1-2H3. The second kappa shape index (κ2) is 9.43. The first-order valence-corrected chi connectivity index (χ1v) is 12.0. The van der Waals surface area contributed by atoms with E-state index in [2.05, 4.69) is 29.9 Å². The average Bonchev–Trinajstić information content (AvgIpc) is 3.51. The lowest BCUT2D eigenvalue weighted by atomic mass is 10.1. The van der Waals surface area contributed by atoms with Gasteiger partial charge in [0.15, 0.2) is 23.2 Å². The Kier molecular flexibility index (Phi) is 6.03. The van der Waals surface area contributed by atoms with Crippen LogP contribution < -0.4 is 14.2 Å². The van der Waals surface area contributed by atoms with E-state index in [4.69, 9.17) is 14.2 Å². The Labute approximate surface area is 219 Å². The number of fused-ring (bicyclic) bond motifs is 1. The van der Waals surface area contributed by atoms with Crippen molar-refractivity contribution in [2.24, 2.45) is 7.05 Å². The molecule has 0 bridgehead atoms. The van der Waals surface area contributed by atoms with Crippen LogP contribution in [0, 0.1) is 5.82 Å². The number of hydrogen-bond donors (Lipinski definition) is 0. The molecule has 202 valence electrons. The summed E-state index contributed by atoms with van der Waals surface area (Å²) in [5.74, 6) is 0.433. The molecule has 5 heterocycles. The highest BCUT2D eigenvalue weighted by Crippen LogP contribution is 2.46. The maximum atomic E-state index is 14.9. The smallest absolute Gasteiger partial charge is 0.434 e. The van der Waals surface area contributed by atoms with Crippen LogP contribution in [-0.4, -0.2) is 48.2 Å². The summed E-state index contributed by atoms with van der Waals surface area (Å²) >= 11 is 0. The van der Waals surface area contributed by atoms with Crippen molar-refractivity contribution in [3.8, 4) is 40.5 Å². The number of hydrogen-bond acceptors (Lipinski definition) is 9. The molecular weight excluding hydrogens is 522 g/mol. The lowest BCUT2D eigenvalue weighted by molar-refractivity contribution is -0.140. The minimum absolute atomic E-state index is 0.112. The number of imidazole rings is 1. The zero-order chi connectivity index (χ0) is 27.3. The van der Waals surface area contributed by atoms with Crippen LogP contribution in [-0.2, 0) is 26.3 Å². The fourth-order valence-electron chi connectivity index (χ4n) is 4.37. The highest BCUT2D eigenvalue weighted by atomic mass is 19.4. The number of nitrogens with zero attached hydrogens (tertiary/aromatic N) is 7. The third kappa shape index (κ3) is 4.70. The molecule has 6 rings (SSSR count). The fourth-order valence-corrected chi connectivity index (χ4v) is 4.37. The van der Waals surface area contributed by atoms with Crippen molar-refractivity contribution in [3.63, 3.8) is 0 Å². The van der Waals surface area contributed by atoms with Crippen LogP contribution in [0.4, 0.5) is 17.6 Å². The van der Waals surface area contributed by atoms with Crippen molar-refractivity contribution in [2.75, 3.05) is 13.7 Å². The number of methoxy groups -OCH3 is 1. The number of alkyl halides is 3. The van der Waals surface area contributed by atoms with Crippen molar-refractivity contribution in [1.29, 1.82) is 0 Å². The van der Waals surface area contributed by atoms with Gasteiger partial charge in [0.25, 0.3) is 0 Å². The molecule has 1 saturated carbocycles. The van der Waals surface area contributed by atoms with E-state index in [1.807, 2.05) is 0 Å². The molecule has 0 radical (unpaired) electrons. The van der Waals surface area contributed by atoms with Gasteiger partial charge in [-0.1, -0.05) is 0 Å². The molecule has 39 heavy (non-hydrogen) atoms. The van der Waals surface area contributed by atoms with E-state index >= 15 is 0 Å². The first kappa shape index (κ1) is 24.9. The van der Waals surface area contributed by atoms with Crippen LogP contribution in [0.2, 0.25) is 0 Å². The molecule has 0 N–H and O–H groups in total. The summed E-state index contributed by atoms with van der Waals surface area (Å²) in [6.45, 7) is 0.287. The summed E-state index contributed by atoms with van der Waals surface area (Å²) < 4.78 is 72.2. The summed E-state index contributed by atoms with van der Waals surface area (Å²) in [5, 5.41) is 0. The summed E-state index contributed by atoms with van der Waals surface area (Å²) in [6.07, 6.45) is 1.38. The van der Waals surface area contributed by atoms with Gasteiger partial charge in [0.05, 0.1) is 25.0 Å². The molecule has 1 aliphatic heterocycles.